The molecule has 2 saturated heterocycles. The van der Waals surface area contributed by atoms with E-state index in [1.54, 1.807) is 18.7 Å². The van der Waals surface area contributed by atoms with E-state index < -0.39 is 76.9 Å². The van der Waals surface area contributed by atoms with Crippen molar-refractivity contribution >= 4 is 28.2 Å². The number of anilines is 2. The second-order valence-electron chi connectivity index (χ2n) is 12.2. The van der Waals surface area contributed by atoms with Gasteiger partial charge in [0, 0.05) is 35.4 Å². The minimum atomic E-state index is -5.34. The lowest BCUT2D eigenvalue weighted by atomic mass is 9.92. The first-order valence-electron chi connectivity index (χ1n) is 14.8. The number of rotatable bonds is 5. The summed E-state index contributed by atoms with van der Waals surface area (Å²) in [6.07, 6.45) is -10.6. The fourth-order valence-corrected chi connectivity index (χ4v) is 6.96. The SMILES string of the molecule is CCC(NC(=O)C12CCC(N1)C1C(C)Oc3nc(-c4cc(N)cc(F)c4OC(F)(F)F)c(F)c4c(C)c(C)nc(c34)N1C2)C(F)(F)F. The molecule has 3 aliphatic heterocycles. The van der Waals surface area contributed by atoms with Gasteiger partial charge in [0.15, 0.2) is 17.4 Å². The van der Waals surface area contributed by atoms with Crippen molar-refractivity contribution in [2.75, 3.05) is 17.2 Å². The van der Waals surface area contributed by atoms with Crippen LogP contribution in [0.5, 0.6) is 11.6 Å². The third kappa shape index (κ3) is 5.41. The van der Waals surface area contributed by atoms with Gasteiger partial charge in [-0.2, -0.15) is 13.2 Å². The number of hydrogen-bond donors (Lipinski definition) is 3. The van der Waals surface area contributed by atoms with Gasteiger partial charge in [-0.1, -0.05) is 6.92 Å². The summed E-state index contributed by atoms with van der Waals surface area (Å²) >= 11 is 0. The number of nitrogens with one attached hydrogen (secondary N) is 2. The van der Waals surface area contributed by atoms with Crippen LogP contribution < -0.4 is 30.7 Å². The molecular weight excluding hydrogens is 644 g/mol. The van der Waals surface area contributed by atoms with Crippen molar-refractivity contribution in [3.8, 4) is 22.9 Å². The molecule has 2 fully saturated rings. The average molecular weight is 675 g/mol. The van der Waals surface area contributed by atoms with E-state index in [1.807, 2.05) is 0 Å². The number of alkyl halides is 6. The zero-order valence-corrected chi connectivity index (χ0v) is 25.5. The summed E-state index contributed by atoms with van der Waals surface area (Å²) in [4.78, 5) is 24.2. The molecule has 5 heterocycles. The molecule has 2 bridgehead atoms. The number of nitrogens with two attached hydrogens (primary N) is 1. The van der Waals surface area contributed by atoms with Crippen LogP contribution in [0, 0.1) is 25.5 Å². The van der Waals surface area contributed by atoms with Crippen molar-refractivity contribution in [3.63, 3.8) is 0 Å². The second kappa shape index (κ2) is 11.0. The van der Waals surface area contributed by atoms with Crippen LogP contribution in [0.1, 0.15) is 44.4 Å². The van der Waals surface area contributed by atoms with E-state index >= 15 is 4.39 Å². The molecule has 47 heavy (non-hydrogen) atoms. The summed E-state index contributed by atoms with van der Waals surface area (Å²) in [5.41, 5.74) is 3.10. The lowest BCUT2D eigenvalue weighted by molar-refractivity contribution is -0.275. The number of fused-ring (bicyclic) bond motifs is 5. The van der Waals surface area contributed by atoms with E-state index in [4.69, 9.17) is 15.5 Å². The van der Waals surface area contributed by atoms with Crippen molar-refractivity contribution < 1.29 is 49.4 Å². The monoisotopic (exact) mass is 674 g/mol. The smallest absolute Gasteiger partial charge is 0.472 e. The molecule has 3 aliphatic rings. The Balaban J connectivity index is 1.54. The number of aromatic nitrogens is 2. The van der Waals surface area contributed by atoms with Gasteiger partial charge in [0.25, 0.3) is 0 Å². The first-order chi connectivity index (χ1) is 21.8. The Hall–Kier alpha value is -4.15. The van der Waals surface area contributed by atoms with Gasteiger partial charge in [-0.25, -0.2) is 18.7 Å². The molecule has 4 N–H and O–H groups in total. The predicted octanol–water partition coefficient (Wildman–Crippen LogP) is 5.59. The highest BCUT2D eigenvalue weighted by atomic mass is 19.4. The molecule has 0 spiro atoms. The lowest BCUT2D eigenvalue weighted by Gasteiger charge is -2.47. The molecule has 3 aromatic rings. The van der Waals surface area contributed by atoms with Gasteiger partial charge in [-0.05, 0) is 51.7 Å². The van der Waals surface area contributed by atoms with Crippen LogP contribution in [0.25, 0.3) is 22.0 Å². The van der Waals surface area contributed by atoms with Gasteiger partial charge in [0.05, 0.1) is 17.0 Å². The van der Waals surface area contributed by atoms with Crippen LogP contribution in [-0.4, -0.2) is 64.7 Å². The number of nitrogens with zero attached hydrogens (tertiary/aromatic N) is 3. The minimum absolute atomic E-state index is 0.0324. The maximum Gasteiger partial charge on any atom is 0.573 e. The molecular formula is C30H30F8N6O3. The highest BCUT2D eigenvalue weighted by Crippen LogP contribution is 2.48. The lowest BCUT2D eigenvalue weighted by Crippen LogP contribution is -2.72. The minimum Gasteiger partial charge on any atom is -0.472 e. The number of halogens is 8. The Morgan fingerprint density at radius 3 is 2.53 bits per heavy atom. The fraction of sp³-hybridized carbons (Fsp3) is 0.500. The largest absolute Gasteiger partial charge is 0.573 e. The molecule has 0 radical (unpaired) electrons. The van der Waals surface area contributed by atoms with Gasteiger partial charge >= 0.3 is 12.5 Å². The molecule has 9 nitrogen and oxygen atoms in total. The van der Waals surface area contributed by atoms with Crippen LogP contribution in [0.3, 0.4) is 0 Å². The maximum atomic E-state index is 16.7. The van der Waals surface area contributed by atoms with Crippen LogP contribution >= 0.6 is 0 Å². The number of amides is 1. The van der Waals surface area contributed by atoms with Crippen molar-refractivity contribution in [1.82, 2.24) is 20.6 Å². The van der Waals surface area contributed by atoms with E-state index in [9.17, 15) is 35.5 Å². The van der Waals surface area contributed by atoms with Gasteiger partial charge in [-0.3, -0.25) is 10.1 Å². The number of pyridine rings is 2. The van der Waals surface area contributed by atoms with Crippen molar-refractivity contribution in [1.29, 1.82) is 0 Å². The average Bonchev–Trinajstić information content (AvgIpc) is 3.26. The maximum absolute atomic E-state index is 16.7. The molecule has 6 rings (SSSR count). The summed E-state index contributed by atoms with van der Waals surface area (Å²) in [5.74, 6) is -4.93. The number of aryl methyl sites for hydroxylation is 2. The van der Waals surface area contributed by atoms with Crippen molar-refractivity contribution in [2.45, 2.75) is 89.3 Å². The quantitative estimate of drug-likeness (QED) is 0.237. The molecule has 254 valence electrons. The van der Waals surface area contributed by atoms with E-state index in [2.05, 4.69) is 20.4 Å². The van der Waals surface area contributed by atoms with Gasteiger partial charge < -0.3 is 25.4 Å². The normalized spacial score (nSPS) is 24.4. The molecule has 2 aromatic heterocycles. The molecule has 5 atom stereocenters. The Morgan fingerprint density at radius 2 is 1.89 bits per heavy atom. The van der Waals surface area contributed by atoms with Crippen LogP contribution in [0.2, 0.25) is 0 Å². The first-order valence-corrected chi connectivity index (χ1v) is 14.8. The van der Waals surface area contributed by atoms with E-state index in [-0.39, 0.29) is 53.1 Å². The third-order valence-corrected chi connectivity index (χ3v) is 9.21. The summed E-state index contributed by atoms with van der Waals surface area (Å²) in [6.45, 7) is 5.92. The van der Waals surface area contributed by atoms with Gasteiger partial charge in [0.2, 0.25) is 11.8 Å². The second-order valence-corrected chi connectivity index (χ2v) is 12.2. The molecule has 5 unspecified atom stereocenters. The van der Waals surface area contributed by atoms with E-state index in [1.165, 1.54) is 13.8 Å². The Bertz CT molecular complexity index is 1780. The number of carbonyl (C=O) groups is 1. The van der Waals surface area contributed by atoms with Crippen LogP contribution in [0.15, 0.2) is 12.1 Å². The molecule has 1 aromatic carbocycles. The summed E-state index contributed by atoms with van der Waals surface area (Å²) in [5, 5.41) is 5.24. The van der Waals surface area contributed by atoms with Crippen molar-refractivity contribution in [3.05, 3.63) is 35.0 Å². The summed E-state index contributed by atoms with van der Waals surface area (Å²) in [6, 6.07) is -1.63. The number of benzene rings is 1. The highest BCUT2D eigenvalue weighted by Gasteiger charge is 2.57. The number of piperazine rings is 1. The van der Waals surface area contributed by atoms with Crippen LogP contribution in [-0.2, 0) is 4.79 Å². The van der Waals surface area contributed by atoms with Crippen molar-refractivity contribution in [2.24, 2.45) is 0 Å². The summed E-state index contributed by atoms with van der Waals surface area (Å²) < 4.78 is 122. The third-order valence-electron chi connectivity index (χ3n) is 9.21. The Morgan fingerprint density at radius 1 is 1.19 bits per heavy atom. The zero-order valence-electron chi connectivity index (χ0n) is 25.5. The Kier molecular flexibility index (Phi) is 7.64. The number of hydrogen-bond acceptors (Lipinski definition) is 8. The van der Waals surface area contributed by atoms with Gasteiger partial charge in [0.1, 0.15) is 29.2 Å². The molecule has 0 aliphatic carbocycles. The zero-order chi connectivity index (χ0) is 34.4. The predicted molar refractivity (Wildman–Crippen MR) is 154 cm³/mol. The molecule has 0 saturated carbocycles. The molecule has 17 heteroatoms. The fourth-order valence-electron chi connectivity index (χ4n) is 6.96. The van der Waals surface area contributed by atoms with Gasteiger partial charge in [-0.15, -0.1) is 13.2 Å². The van der Waals surface area contributed by atoms with E-state index in [0.29, 0.717) is 18.2 Å². The topological polar surface area (TPSA) is 115 Å². The number of ether oxygens (including phenoxy) is 2. The number of nitrogen functional groups attached to an aromatic ring is 1. The Labute approximate surface area is 262 Å². The van der Waals surface area contributed by atoms with Crippen LogP contribution in [0.4, 0.5) is 46.6 Å². The highest BCUT2D eigenvalue weighted by molar-refractivity contribution is 6.02. The first kappa shape index (κ1) is 32.8. The standard InChI is InChI=1S/C30H30F8N6O3/c1-5-18(29(33,34)35)41-27(45)28-7-6-17(43-28)23-13(4)46-26-20-19(11(2)12(3)40-25(20)44(23)10-28)21(32)22(42-26)15-8-14(39)9-16(31)24(15)47-30(36,37)38/h8-9,13,17-18,23,43H,5-7,10,39H2,1-4H3,(H,41,45). The molecule has 1 amide bonds. The van der Waals surface area contributed by atoms with E-state index in [0.717, 1.165) is 6.07 Å². The summed E-state index contributed by atoms with van der Waals surface area (Å²) in [7, 11) is 0. The number of carbonyl (C=O) groups excluding carboxylic acids is 1.